The first kappa shape index (κ1) is 24.7. The highest BCUT2D eigenvalue weighted by molar-refractivity contribution is 14.0. The molecule has 6 nitrogen and oxygen atoms in total. The van der Waals surface area contributed by atoms with Crippen LogP contribution in [0.3, 0.4) is 0 Å². The van der Waals surface area contributed by atoms with Gasteiger partial charge >= 0.3 is 0 Å². The van der Waals surface area contributed by atoms with Gasteiger partial charge in [0.05, 0.1) is 6.54 Å². The van der Waals surface area contributed by atoms with Gasteiger partial charge in [-0.15, -0.1) is 24.0 Å². The maximum atomic E-state index is 11.1. The summed E-state index contributed by atoms with van der Waals surface area (Å²) in [6.45, 7) is 8.31. The first-order valence-corrected chi connectivity index (χ1v) is 9.66. The highest BCUT2D eigenvalue weighted by Crippen LogP contribution is 2.17. The standard InChI is InChI=1S/C22H30N4O2.HI/c1-4-23-22(25-16-17(2)19-9-6-5-7-10-19)24-13-14-28-21-12-8-11-20(15-21)26-18(3)27;/h5-12,15,17H,4,13-14,16H2,1-3H3,(H,26,27)(H2,23,24,25);1H. The Morgan fingerprint density at radius 1 is 1.10 bits per heavy atom. The molecule has 0 heterocycles. The maximum absolute atomic E-state index is 11.1. The van der Waals surface area contributed by atoms with Crippen LogP contribution in [0.1, 0.15) is 32.3 Å². The largest absolute Gasteiger partial charge is 0.492 e. The summed E-state index contributed by atoms with van der Waals surface area (Å²) in [4.78, 5) is 15.8. The number of benzene rings is 2. The van der Waals surface area contributed by atoms with E-state index in [2.05, 4.69) is 52.1 Å². The quantitative estimate of drug-likeness (QED) is 0.206. The predicted octanol–water partition coefficient (Wildman–Crippen LogP) is 4.00. The number of ether oxygens (including phenoxy) is 1. The normalized spacial score (nSPS) is 11.8. The molecule has 3 N–H and O–H groups in total. The summed E-state index contributed by atoms with van der Waals surface area (Å²) < 4.78 is 5.76. The van der Waals surface area contributed by atoms with Crippen LogP contribution in [0.5, 0.6) is 5.75 Å². The van der Waals surface area contributed by atoms with Crippen LogP contribution in [0.2, 0.25) is 0 Å². The van der Waals surface area contributed by atoms with Crippen molar-refractivity contribution in [2.75, 3.05) is 31.6 Å². The number of hydrogen-bond acceptors (Lipinski definition) is 3. The van der Waals surface area contributed by atoms with Gasteiger partial charge in [0, 0.05) is 37.7 Å². The topological polar surface area (TPSA) is 74.8 Å². The van der Waals surface area contributed by atoms with E-state index in [4.69, 9.17) is 4.74 Å². The molecule has 29 heavy (non-hydrogen) atoms. The third kappa shape index (κ3) is 9.65. The van der Waals surface area contributed by atoms with Crippen LogP contribution in [0, 0.1) is 0 Å². The first-order chi connectivity index (χ1) is 13.6. The van der Waals surface area contributed by atoms with Crippen LogP contribution >= 0.6 is 24.0 Å². The van der Waals surface area contributed by atoms with Crippen LogP contribution < -0.4 is 20.7 Å². The Labute approximate surface area is 190 Å². The minimum atomic E-state index is -0.102. The summed E-state index contributed by atoms with van der Waals surface area (Å²) in [5.74, 6) is 1.74. The monoisotopic (exact) mass is 510 g/mol. The number of anilines is 1. The molecule has 1 unspecified atom stereocenters. The van der Waals surface area contributed by atoms with Gasteiger partial charge in [0.25, 0.3) is 0 Å². The van der Waals surface area contributed by atoms with Gasteiger partial charge in [-0.2, -0.15) is 0 Å². The van der Waals surface area contributed by atoms with Crippen LogP contribution in [0.4, 0.5) is 5.69 Å². The van der Waals surface area contributed by atoms with Gasteiger partial charge in [0.2, 0.25) is 5.91 Å². The molecule has 2 aromatic carbocycles. The fourth-order valence-electron chi connectivity index (χ4n) is 2.66. The SMILES string of the molecule is CCNC(=NCC(C)c1ccccc1)NCCOc1cccc(NC(C)=O)c1.I. The Morgan fingerprint density at radius 3 is 2.55 bits per heavy atom. The lowest BCUT2D eigenvalue weighted by Crippen LogP contribution is -2.39. The van der Waals surface area contributed by atoms with Crippen LogP contribution in [-0.4, -0.2) is 38.1 Å². The van der Waals surface area contributed by atoms with E-state index in [1.807, 2.05) is 37.3 Å². The zero-order valence-electron chi connectivity index (χ0n) is 17.3. The molecule has 0 radical (unpaired) electrons. The fourth-order valence-corrected chi connectivity index (χ4v) is 2.66. The van der Waals surface area contributed by atoms with E-state index in [1.54, 1.807) is 0 Å². The Morgan fingerprint density at radius 2 is 1.86 bits per heavy atom. The van der Waals surface area contributed by atoms with Gasteiger partial charge in [-0.3, -0.25) is 9.79 Å². The Hall–Kier alpha value is -2.29. The number of carbonyl (C=O) groups is 1. The molecule has 158 valence electrons. The molecule has 1 atom stereocenters. The van der Waals surface area contributed by atoms with E-state index in [-0.39, 0.29) is 29.9 Å². The summed E-state index contributed by atoms with van der Waals surface area (Å²) in [5, 5.41) is 9.29. The minimum Gasteiger partial charge on any atom is -0.492 e. The number of nitrogens with one attached hydrogen (secondary N) is 3. The molecule has 0 bridgehead atoms. The molecular weight excluding hydrogens is 479 g/mol. The molecule has 0 saturated carbocycles. The lowest BCUT2D eigenvalue weighted by atomic mass is 10.0. The third-order valence-electron chi connectivity index (χ3n) is 4.05. The zero-order valence-corrected chi connectivity index (χ0v) is 19.6. The highest BCUT2D eigenvalue weighted by Gasteiger charge is 2.05. The summed E-state index contributed by atoms with van der Waals surface area (Å²) in [5.41, 5.74) is 2.01. The van der Waals surface area contributed by atoms with Gasteiger partial charge in [-0.05, 0) is 24.6 Å². The Bertz CT molecular complexity index is 768. The summed E-state index contributed by atoms with van der Waals surface area (Å²) in [6.07, 6.45) is 0. The van der Waals surface area contributed by atoms with Crippen molar-refractivity contribution in [3.8, 4) is 5.75 Å². The number of guanidine groups is 1. The van der Waals surface area contributed by atoms with E-state index in [1.165, 1.54) is 12.5 Å². The van der Waals surface area contributed by atoms with Gasteiger partial charge in [0.15, 0.2) is 5.96 Å². The van der Waals surface area contributed by atoms with Crippen molar-refractivity contribution in [2.45, 2.75) is 26.7 Å². The zero-order chi connectivity index (χ0) is 20.2. The molecule has 2 aromatic rings. The smallest absolute Gasteiger partial charge is 0.221 e. The van der Waals surface area contributed by atoms with E-state index >= 15 is 0 Å². The van der Waals surface area contributed by atoms with E-state index in [9.17, 15) is 4.79 Å². The van der Waals surface area contributed by atoms with Crippen LogP contribution in [0.25, 0.3) is 0 Å². The van der Waals surface area contributed by atoms with Gasteiger partial charge in [-0.25, -0.2) is 0 Å². The Kier molecular flexibility index (Phi) is 11.8. The van der Waals surface area contributed by atoms with Crippen LogP contribution in [0.15, 0.2) is 59.6 Å². The molecule has 0 aliphatic rings. The number of carbonyl (C=O) groups excluding carboxylic acids is 1. The van der Waals surface area contributed by atoms with E-state index in [0.29, 0.717) is 31.4 Å². The molecule has 0 aromatic heterocycles. The molecule has 0 fully saturated rings. The van der Waals surface area contributed by atoms with Gasteiger partial charge in [-0.1, -0.05) is 43.3 Å². The average molecular weight is 510 g/mol. The molecule has 0 aliphatic carbocycles. The molecule has 1 amide bonds. The third-order valence-corrected chi connectivity index (χ3v) is 4.05. The van der Waals surface area contributed by atoms with Crippen LogP contribution in [-0.2, 0) is 4.79 Å². The van der Waals surface area contributed by atoms with E-state index < -0.39 is 0 Å². The van der Waals surface area contributed by atoms with Crippen molar-refractivity contribution in [3.05, 3.63) is 60.2 Å². The minimum absolute atomic E-state index is 0. The number of hydrogen-bond donors (Lipinski definition) is 3. The van der Waals surface area contributed by atoms with Crippen molar-refractivity contribution in [1.82, 2.24) is 10.6 Å². The van der Waals surface area contributed by atoms with Gasteiger partial charge in [0.1, 0.15) is 12.4 Å². The second kappa shape index (κ2) is 13.8. The van der Waals surface area contributed by atoms with Crippen molar-refractivity contribution in [3.63, 3.8) is 0 Å². The molecule has 0 aliphatic heterocycles. The number of aliphatic imine (C=N–C) groups is 1. The number of rotatable bonds is 9. The number of halogens is 1. The molecular formula is C22H31IN4O2. The lowest BCUT2D eigenvalue weighted by Gasteiger charge is -2.14. The average Bonchev–Trinajstić information content (AvgIpc) is 2.69. The second-order valence-electron chi connectivity index (χ2n) is 6.52. The summed E-state index contributed by atoms with van der Waals surface area (Å²) in [6, 6.07) is 17.7. The molecule has 7 heteroatoms. The maximum Gasteiger partial charge on any atom is 0.221 e. The molecule has 2 rings (SSSR count). The van der Waals surface area contributed by atoms with Crippen molar-refractivity contribution < 1.29 is 9.53 Å². The summed E-state index contributed by atoms with van der Waals surface area (Å²) in [7, 11) is 0. The van der Waals surface area contributed by atoms with E-state index in [0.717, 1.165) is 18.2 Å². The predicted molar refractivity (Wildman–Crippen MR) is 130 cm³/mol. The fraction of sp³-hybridized carbons (Fsp3) is 0.364. The summed E-state index contributed by atoms with van der Waals surface area (Å²) >= 11 is 0. The highest BCUT2D eigenvalue weighted by atomic mass is 127. The van der Waals surface area contributed by atoms with Crippen molar-refractivity contribution in [2.24, 2.45) is 4.99 Å². The number of nitrogens with zero attached hydrogens (tertiary/aromatic N) is 1. The van der Waals surface area contributed by atoms with Gasteiger partial charge < -0.3 is 20.7 Å². The lowest BCUT2D eigenvalue weighted by molar-refractivity contribution is -0.114. The van der Waals surface area contributed by atoms with Crippen molar-refractivity contribution in [1.29, 1.82) is 0 Å². The Balaban J connectivity index is 0.00000420. The molecule has 0 spiro atoms. The van der Waals surface area contributed by atoms with Crippen molar-refractivity contribution >= 4 is 41.5 Å². The number of amides is 1. The first-order valence-electron chi connectivity index (χ1n) is 9.66. The second-order valence-corrected chi connectivity index (χ2v) is 6.52. The molecule has 0 saturated heterocycles.